The predicted molar refractivity (Wildman–Crippen MR) is 162 cm³/mol. The lowest BCUT2D eigenvalue weighted by Gasteiger charge is -2.21. The van der Waals surface area contributed by atoms with E-state index in [0.717, 1.165) is 13.7 Å². The fourth-order valence-corrected chi connectivity index (χ4v) is 5.20. The van der Waals surface area contributed by atoms with Crippen molar-refractivity contribution < 1.29 is 12.8 Å². The smallest absolute Gasteiger partial charge is 0.337 e. The van der Waals surface area contributed by atoms with Gasteiger partial charge in [-0.25, -0.2) is 26.9 Å². The van der Waals surface area contributed by atoms with Gasteiger partial charge in [0, 0.05) is 24.4 Å². The Balaban J connectivity index is 0.00000226. The number of aromatic nitrogens is 3. The first kappa shape index (κ1) is 31.5. The third-order valence-corrected chi connectivity index (χ3v) is 8.00. The van der Waals surface area contributed by atoms with Gasteiger partial charge < -0.3 is 5.32 Å². The average molecular weight is 586 g/mol. The number of hydrogen-bond donors (Lipinski definition) is 2. The number of nitrogens with one attached hydrogen (secondary N) is 2. The molecule has 10 nitrogen and oxygen atoms in total. The molecule has 2 aromatic heterocycles. The van der Waals surface area contributed by atoms with Gasteiger partial charge in [0.05, 0.1) is 17.1 Å². The lowest BCUT2D eigenvalue weighted by atomic mass is 10.1. The molecule has 1 fully saturated rings. The lowest BCUT2D eigenvalue weighted by molar-refractivity contribution is 0.590. The van der Waals surface area contributed by atoms with E-state index < -0.39 is 32.6 Å². The van der Waals surface area contributed by atoms with Gasteiger partial charge in [-0.05, 0) is 69.2 Å². The van der Waals surface area contributed by atoms with Crippen molar-refractivity contribution in [2.45, 2.75) is 46.6 Å². The summed E-state index contributed by atoms with van der Waals surface area (Å²) in [4.78, 5) is 40.9. The van der Waals surface area contributed by atoms with Crippen molar-refractivity contribution in [1.29, 1.82) is 0 Å². The van der Waals surface area contributed by atoms with Crippen molar-refractivity contribution >= 4 is 26.7 Å². The van der Waals surface area contributed by atoms with E-state index in [0.29, 0.717) is 18.4 Å². The molecule has 220 valence electrons. The zero-order valence-electron chi connectivity index (χ0n) is 24.2. The van der Waals surface area contributed by atoms with Crippen LogP contribution < -0.4 is 26.8 Å². The fraction of sp³-hybridized carbons (Fsp3) is 0.345. The Labute approximate surface area is 238 Å². The molecule has 2 heterocycles. The van der Waals surface area contributed by atoms with Crippen molar-refractivity contribution in [3.63, 3.8) is 0 Å². The normalized spacial score (nSPS) is 13.5. The summed E-state index contributed by atoms with van der Waals surface area (Å²) in [6, 6.07) is 4.00. The molecule has 0 radical (unpaired) electrons. The molecular weight excluding hydrogens is 549 g/mol. The standard InChI is InChI=1S/C27H30FN5O5S.C2H6/c1-7-18(12-16(3)14-39(37,38)29-5)30-23-17(4)25(34)31(6)24-22(23)26(35)32(19-9-10-19)27(36)33(24)21-11-8-15(2)13-20(21)28;1-2/h7-8,11-13,19,29-30H,1,3,9-10,14H2,2,4-6H3;1-2H3/b18-12+;. The van der Waals surface area contributed by atoms with Crippen molar-refractivity contribution in [2.75, 3.05) is 18.1 Å². The number of aryl methyl sites for hydroxylation is 2. The van der Waals surface area contributed by atoms with Gasteiger partial charge >= 0.3 is 5.69 Å². The summed E-state index contributed by atoms with van der Waals surface area (Å²) >= 11 is 0. The summed E-state index contributed by atoms with van der Waals surface area (Å²) in [6.07, 6.45) is 4.04. The Kier molecular flexibility index (Phi) is 9.40. The van der Waals surface area contributed by atoms with Crippen molar-refractivity contribution in [1.82, 2.24) is 18.4 Å². The monoisotopic (exact) mass is 585 g/mol. The highest BCUT2D eigenvalue weighted by atomic mass is 32.2. The number of sulfonamides is 1. The van der Waals surface area contributed by atoms with Gasteiger partial charge in [-0.2, -0.15) is 0 Å². The van der Waals surface area contributed by atoms with Crippen LogP contribution in [0.15, 0.2) is 69.2 Å². The average Bonchev–Trinajstić information content (AvgIpc) is 3.76. The minimum atomic E-state index is -3.60. The number of rotatable bonds is 9. The molecule has 0 unspecified atom stereocenters. The van der Waals surface area contributed by atoms with Crippen LogP contribution in [0, 0.1) is 19.7 Å². The van der Waals surface area contributed by atoms with Crippen LogP contribution in [0.5, 0.6) is 0 Å². The molecule has 1 saturated carbocycles. The largest absolute Gasteiger partial charge is 0.354 e. The predicted octanol–water partition coefficient (Wildman–Crippen LogP) is 3.56. The maximum absolute atomic E-state index is 15.2. The maximum atomic E-state index is 15.2. The van der Waals surface area contributed by atoms with E-state index in [1.54, 1.807) is 13.0 Å². The SMILES string of the molecule is C=C/C(=C\C(=C)CS(=O)(=O)NC)Nc1c(C)c(=O)n(C)c2c1c(=O)n(C1CC1)c(=O)n2-c1ccc(C)cc1F.CC. The van der Waals surface area contributed by atoms with Crippen molar-refractivity contribution in [3.05, 3.63) is 103 Å². The highest BCUT2D eigenvalue weighted by molar-refractivity contribution is 7.89. The lowest BCUT2D eigenvalue weighted by Crippen LogP contribution is -2.42. The van der Waals surface area contributed by atoms with E-state index in [1.165, 1.54) is 45.3 Å². The summed E-state index contributed by atoms with van der Waals surface area (Å²) in [5.74, 6) is -1.07. The van der Waals surface area contributed by atoms with Gasteiger partial charge in [0.1, 0.15) is 16.9 Å². The molecule has 2 N–H and O–H groups in total. The Morgan fingerprint density at radius 2 is 1.78 bits per heavy atom. The van der Waals surface area contributed by atoms with Crippen LogP contribution in [0.4, 0.5) is 10.1 Å². The summed E-state index contributed by atoms with van der Waals surface area (Å²) in [6.45, 7) is 14.8. The molecule has 0 spiro atoms. The molecule has 0 bridgehead atoms. The first-order valence-electron chi connectivity index (χ1n) is 13.2. The first-order valence-corrected chi connectivity index (χ1v) is 14.8. The van der Waals surface area contributed by atoms with Crippen LogP contribution in [0.2, 0.25) is 0 Å². The topological polar surface area (TPSA) is 124 Å². The first-order chi connectivity index (χ1) is 19.3. The van der Waals surface area contributed by atoms with E-state index >= 15 is 4.39 Å². The van der Waals surface area contributed by atoms with E-state index in [4.69, 9.17) is 0 Å². The van der Waals surface area contributed by atoms with E-state index in [9.17, 15) is 22.8 Å². The molecule has 1 aliphatic carbocycles. The number of allylic oxidation sites excluding steroid dienone is 2. The quantitative estimate of drug-likeness (QED) is 0.370. The second-order valence-corrected chi connectivity index (χ2v) is 11.5. The van der Waals surface area contributed by atoms with Gasteiger partial charge in [0.2, 0.25) is 10.0 Å². The van der Waals surface area contributed by atoms with Crippen LogP contribution >= 0.6 is 0 Å². The number of fused-ring (bicyclic) bond motifs is 1. The van der Waals surface area contributed by atoms with Gasteiger partial charge in [-0.3, -0.25) is 18.7 Å². The second-order valence-electron chi connectivity index (χ2n) is 9.59. The number of benzene rings is 1. The molecule has 12 heteroatoms. The zero-order chi connectivity index (χ0) is 30.8. The van der Waals surface area contributed by atoms with Gasteiger partial charge in [-0.1, -0.05) is 33.1 Å². The Bertz CT molecular complexity index is 1860. The molecule has 1 aromatic carbocycles. The fourth-order valence-electron chi connectivity index (χ4n) is 4.48. The van der Waals surface area contributed by atoms with Crippen LogP contribution in [0.3, 0.4) is 0 Å². The molecule has 41 heavy (non-hydrogen) atoms. The maximum Gasteiger partial charge on any atom is 0.337 e. The molecule has 0 saturated heterocycles. The van der Waals surface area contributed by atoms with Gasteiger partial charge in [0.15, 0.2) is 0 Å². The van der Waals surface area contributed by atoms with E-state index in [-0.39, 0.29) is 51.0 Å². The number of hydrogen-bond acceptors (Lipinski definition) is 6. The van der Waals surface area contributed by atoms with Crippen molar-refractivity contribution in [2.24, 2.45) is 7.05 Å². The molecule has 4 rings (SSSR count). The molecule has 0 amide bonds. The molecular formula is C29H36FN5O5S. The van der Waals surface area contributed by atoms with Crippen LogP contribution in [0.1, 0.15) is 43.9 Å². The summed E-state index contributed by atoms with van der Waals surface area (Å²) in [5, 5.41) is 3.03. The van der Waals surface area contributed by atoms with Crippen LogP contribution in [-0.2, 0) is 17.1 Å². The van der Waals surface area contributed by atoms with Crippen LogP contribution in [0.25, 0.3) is 16.7 Å². The molecule has 0 atom stereocenters. The number of nitrogens with zero attached hydrogens (tertiary/aromatic N) is 3. The highest BCUT2D eigenvalue weighted by Crippen LogP contribution is 2.34. The third-order valence-electron chi connectivity index (χ3n) is 6.62. The molecule has 3 aromatic rings. The summed E-state index contributed by atoms with van der Waals surface area (Å²) in [7, 11) is -0.897. The molecule has 1 aliphatic rings. The number of pyridine rings is 1. The third kappa shape index (κ3) is 6.18. The van der Waals surface area contributed by atoms with Gasteiger partial charge in [-0.15, -0.1) is 0 Å². The summed E-state index contributed by atoms with van der Waals surface area (Å²) < 4.78 is 44.7. The Hall–Kier alpha value is -4.03. The van der Waals surface area contributed by atoms with Crippen molar-refractivity contribution in [3.8, 4) is 5.69 Å². The second kappa shape index (κ2) is 12.2. The zero-order valence-corrected chi connectivity index (χ0v) is 25.0. The van der Waals surface area contributed by atoms with Crippen LogP contribution in [-0.4, -0.2) is 34.9 Å². The van der Waals surface area contributed by atoms with E-state index in [2.05, 4.69) is 23.2 Å². The Morgan fingerprint density at radius 3 is 2.32 bits per heavy atom. The van der Waals surface area contributed by atoms with E-state index in [1.807, 2.05) is 13.8 Å². The highest BCUT2D eigenvalue weighted by Gasteiger charge is 2.32. The Morgan fingerprint density at radius 1 is 1.15 bits per heavy atom. The minimum absolute atomic E-state index is 0.00211. The molecule has 0 aliphatic heterocycles. The van der Waals surface area contributed by atoms with Gasteiger partial charge in [0.25, 0.3) is 11.1 Å². The summed E-state index contributed by atoms with van der Waals surface area (Å²) in [5.41, 5.74) is -0.679. The minimum Gasteiger partial charge on any atom is -0.354 e. The number of anilines is 1. The number of halogens is 1.